The van der Waals surface area contributed by atoms with Gasteiger partial charge >= 0.3 is 6.09 Å². The second-order valence-corrected chi connectivity index (χ2v) is 5.50. The van der Waals surface area contributed by atoms with Gasteiger partial charge in [-0.2, -0.15) is 0 Å². The smallest absolute Gasteiger partial charge is 0.418 e. The number of nitrogens with zero attached hydrogens (tertiary/aromatic N) is 1. The van der Waals surface area contributed by atoms with Crippen molar-refractivity contribution in [3.63, 3.8) is 0 Å². The summed E-state index contributed by atoms with van der Waals surface area (Å²) in [5.41, 5.74) is 4.53. The predicted octanol–water partition coefficient (Wildman–Crippen LogP) is 3.23. The minimum Gasteiger partial charge on any atom is -0.464 e. The van der Waals surface area contributed by atoms with Crippen LogP contribution in [-0.2, 0) is 12.8 Å². The van der Waals surface area contributed by atoms with Crippen LogP contribution < -0.4 is 5.56 Å². The highest BCUT2D eigenvalue weighted by atomic mass is 16.4. The molecule has 1 aromatic heterocycles. The van der Waals surface area contributed by atoms with Crippen molar-refractivity contribution in [2.24, 2.45) is 0 Å². The Morgan fingerprint density at radius 2 is 1.86 bits per heavy atom. The van der Waals surface area contributed by atoms with Crippen LogP contribution >= 0.6 is 0 Å². The van der Waals surface area contributed by atoms with Crippen LogP contribution in [0.5, 0.6) is 0 Å². The summed E-state index contributed by atoms with van der Waals surface area (Å²) in [6.07, 6.45) is 4.71. The number of hydrogen-bond acceptors (Lipinski definition) is 2. The fourth-order valence-electron chi connectivity index (χ4n) is 3.00. The zero-order valence-corrected chi connectivity index (χ0v) is 11.9. The Labute approximate surface area is 122 Å². The first kappa shape index (κ1) is 13.6. The molecule has 0 spiro atoms. The Morgan fingerprint density at radius 1 is 1.14 bits per heavy atom. The average Bonchev–Trinajstić information content (AvgIpc) is 2.49. The molecule has 1 aromatic carbocycles. The Bertz CT molecular complexity index is 774. The lowest BCUT2D eigenvalue weighted by Crippen LogP contribution is -2.27. The maximum Gasteiger partial charge on any atom is 0.418 e. The van der Waals surface area contributed by atoms with Gasteiger partial charge in [0.2, 0.25) is 0 Å². The molecule has 0 saturated carbocycles. The highest BCUT2D eigenvalue weighted by molar-refractivity contribution is 5.72. The maximum atomic E-state index is 12.1. The van der Waals surface area contributed by atoms with Gasteiger partial charge in [-0.25, -0.2) is 9.36 Å². The zero-order valence-electron chi connectivity index (χ0n) is 11.9. The summed E-state index contributed by atoms with van der Waals surface area (Å²) in [4.78, 5) is 23.1. The van der Waals surface area contributed by atoms with Crippen LogP contribution in [0.1, 0.15) is 29.5 Å². The number of benzene rings is 1. The highest BCUT2D eigenvalue weighted by Crippen LogP contribution is 2.28. The first-order chi connectivity index (χ1) is 10.1. The van der Waals surface area contributed by atoms with Gasteiger partial charge in [-0.15, -0.1) is 0 Å². The van der Waals surface area contributed by atoms with Crippen molar-refractivity contribution in [3.05, 3.63) is 57.5 Å². The molecule has 4 nitrogen and oxygen atoms in total. The third-order valence-corrected chi connectivity index (χ3v) is 4.20. The fraction of sp³-hybridized carbons (Fsp3) is 0.294. The Morgan fingerprint density at radius 3 is 2.57 bits per heavy atom. The van der Waals surface area contributed by atoms with Gasteiger partial charge < -0.3 is 5.11 Å². The minimum atomic E-state index is -1.25. The zero-order chi connectivity index (χ0) is 15.0. The van der Waals surface area contributed by atoms with E-state index in [0.717, 1.165) is 28.5 Å². The van der Waals surface area contributed by atoms with E-state index in [1.807, 2.05) is 6.07 Å². The number of hydrogen-bond donors (Lipinski definition) is 1. The van der Waals surface area contributed by atoms with Gasteiger partial charge in [0, 0.05) is 11.8 Å². The van der Waals surface area contributed by atoms with Crippen molar-refractivity contribution in [3.8, 4) is 11.1 Å². The number of aromatic nitrogens is 1. The summed E-state index contributed by atoms with van der Waals surface area (Å²) >= 11 is 0. The number of rotatable bonds is 1. The second-order valence-electron chi connectivity index (χ2n) is 5.50. The SMILES string of the molecule is Cc1c(-c2ccc3c(c2)CCCC3)ccn(C(=O)O)c1=O. The first-order valence-electron chi connectivity index (χ1n) is 7.15. The summed E-state index contributed by atoms with van der Waals surface area (Å²) < 4.78 is 0.719. The van der Waals surface area contributed by atoms with Crippen molar-refractivity contribution < 1.29 is 9.90 Å². The third-order valence-electron chi connectivity index (χ3n) is 4.20. The Balaban J connectivity index is 2.11. The van der Waals surface area contributed by atoms with E-state index in [1.165, 1.54) is 30.2 Å². The number of aryl methyl sites for hydroxylation is 2. The van der Waals surface area contributed by atoms with Crippen molar-refractivity contribution in [1.82, 2.24) is 4.57 Å². The Hall–Kier alpha value is -2.36. The van der Waals surface area contributed by atoms with E-state index in [4.69, 9.17) is 5.11 Å². The van der Waals surface area contributed by atoms with E-state index in [-0.39, 0.29) is 0 Å². The van der Waals surface area contributed by atoms with Crippen LogP contribution in [0.15, 0.2) is 35.3 Å². The molecule has 108 valence electrons. The lowest BCUT2D eigenvalue weighted by molar-refractivity contribution is 0.195. The predicted molar refractivity (Wildman–Crippen MR) is 80.9 cm³/mol. The van der Waals surface area contributed by atoms with Gasteiger partial charge in [0.05, 0.1) is 0 Å². The maximum absolute atomic E-state index is 12.1. The van der Waals surface area contributed by atoms with E-state index in [2.05, 4.69) is 12.1 Å². The van der Waals surface area contributed by atoms with Crippen molar-refractivity contribution in [2.45, 2.75) is 32.6 Å². The molecule has 1 heterocycles. The van der Waals surface area contributed by atoms with Gasteiger partial charge in [-0.05, 0) is 60.9 Å². The quantitative estimate of drug-likeness (QED) is 0.874. The normalized spacial score (nSPS) is 13.8. The summed E-state index contributed by atoms with van der Waals surface area (Å²) in [7, 11) is 0. The topological polar surface area (TPSA) is 59.3 Å². The molecule has 0 amide bonds. The van der Waals surface area contributed by atoms with Gasteiger partial charge in [0.15, 0.2) is 0 Å². The summed E-state index contributed by atoms with van der Waals surface area (Å²) in [6, 6.07) is 8.00. The molecule has 0 radical (unpaired) electrons. The molecule has 0 saturated heterocycles. The fourth-order valence-corrected chi connectivity index (χ4v) is 3.00. The van der Waals surface area contributed by atoms with Crippen molar-refractivity contribution in [1.29, 1.82) is 0 Å². The number of carboxylic acid groups (broad SMARTS) is 1. The monoisotopic (exact) mass is 283 g/mol. The second kappa shape index (κ2) is 5.20. The van der Waals surface area contributed by atoms with E-state index in [1.54, 1.807) is 13.0 Å². The molecule has 1 aliphatic rings. The number of pyridine rings is 1. The molecular formula is C17H17NO3. The van der Waals surface area contributed by atoms with E-state index in [0.29, 0.717) is 5.56 Å². The first-order valence-corrected chi connectivity index (χ1v) is 7.15. The molecular weight excluding hydrogens is 266 g/mol. The summed E-state index contributed by atoms with van der Waals surface area (Å²) in [5.74, 6) is 0. The minimum absolute atomic E-state index is 0.468. The third kappa shape index (κ3) is 2.37. The molecule has 0 bridgehead atoms. The molecule has 0 atom stereocenters. The summed E-state index contributed by atoms with van der Waals surface area (Å²) in [6.45, 7) is 1.68. The molecule has 0 aliphatic heterocycles. The molecule has 1 aliphatic carbocycles. The molecule has 1 N–H and O–H groups in total. The molecule has 21 heavy (non-hydrogen) atoms. The van der Waals surface area contributed by atoms with E-state index >= 15 is 0 Å². The molecule has 0 unspecified atom stereocenters. The standard InChI is InChI=1S/C17H17NO3/c1-11-15(8-9-18(16(11)19)17(20)21)14-7-6-12-4-2-3-5-13(12)10-14/h6-10H,2-5H2,1H3,(H,20,21). The Kier molecular flexibility index (Phi) is 3.37. The number of carbonyl (C=O) groups is 1. The molecule has 2 aromatic rings. The average molecular weight is 283 g/mol. The van der Waals surface area contributed by atoms with Crippen LogP contribution in [-0.4, -0.2) is 15.8 Å². The van der Waals surface area contributed by atoms with Crippen LogP contribution in [0, 0.1) is 6.92 Å². The highest BCUT2D eigenvalue weighted by Gasteiger charge is 2.14. The van der Waals surface area contributed by atoms with E-state index < -0.39 is 11.7 Å². The van der Waals surface area contributed by atoms with Crippen LogP contribution in [0.25, 0.3) is 11.1 Å². The largest absolute Gasteiger partial charge is 0.464 e. The van der Waals surface area contributed by atoms with E-state index in [9.17, 15) is 9.59 Å². The van der Waals surface area contributed by atoms with Crippen molar-refractivity contribution >= 4 is 6.09 Å². The van der Waals surface area contributed by atoms with Crippen LogP contribution in [0.2, 0.25) is 0 Å². The molecule has 3 rings (SSSR count). The van der Waals surface area contributed by atoms with Gasteiger partial charge in [-0.3, -0.25) is 4.79 Å². The lowest BCUT2D eigenvalue weighted by Gasteiger charge is -2.17. The lowest BCUT2D eigenvalue weighted by atomic mass is 9.88. The van der Waals surface area contributed by atoms with Gasteiger partial charge in [0.25, 0.3) is 5.56 Å². The summed E-state index contributed by atoms with van der Waals surface area (Å²) in [5, 5.41) is 8.97. The van der Waals surface area contributed by atoms with Crippen molar-refractivity contribution in [2.75, 3.05) is 0 Å². The van der Waals surface area contributed by atoms with Crippen LogP contribution in [0.4, 0.5) is 4.79 Å². The van der Waals surface area contributed by atoms with Gasteiger partial charge in [0.1, 0.15) is 0 Å². The number of fused-ring (bicyclic) bond motifs is 1. The van der Waals surface area contributed by atoms with Gasteiger partial charge in [-0.1, -0.05) is 18.2 Å². The molecule has 4 heteroatoms. The molecule has 0 fully saturated rings. The van der Waals surface area contributed by atoms with Crippen LogP contribution in [0.3, 0.4) is 0 Å².